The number of nitrogens with zero attached hydrogens (tertiary/aromatic N) is 3. The molecular weight excluding hydrogens is 302 g/mol. The number of benzene rings is 2. The van der Waals surface area contributed by atoms with E-state index in [1.54, 1.807) is 12.1 Å². The number of non-ortho nitro benzene ring substituents is 1. The maximum absolute atomic E-state index is 10.7. The van der Waals surface area contributed by atoms with Gasteiger partial charge in [0.15, 0.2) is 0 Å². The van der Waals surface area contributed by atoms with Gasteiger partial charge in [-0.3, -0.25) is 10.1 Å². The molecule has 109 valence electrons. The van der Waals surface area contributed by atoms with Crippen molar-refractivity contribution >= 4 is 17.3 Å². The second kappa shape index (κ2) is 5.99. The maximum atomic E-state index is 10.7. The van der Waals surface area contributed by atoms with Crippen molar-refractivity contribution in [1.82, 2.24) is 9.55 Å². The Labute approximate surface area is 132 Å². The van der Waals surface area contributed by atoms with Crippen LogP contribution in [0.1, 0.15) is 5.56 Å². The zero-order valence-corrected chi connectivity index (χ0v) is 12.2. The third-order valence-electron chi connectivity index (χ3n) is 3.27. The maximum Gasteiger partial charge on any atom is 0.269 e. The minimum absolute atomic E-state index is 0.0417. The average Bonchev–Trinajstić information content (AvgIpc) is 2.89. The third-order valence-corrected chi connectivity index (χ3v) is 3.56. The number of nitro groups is 1. The van der Waals surface area contributed by atoms with Crippen LogP contribution in [0.25, 0.3) is 11.4 Å². The number of imidazole rings is 1. The van der Waals surface area contributed by atoms with Gasteiger partial charge in [0, 0.05) is 17.7 Å². The summed E-state index contributed by atoms with van der Waals surface area (Å²) in [6, 6.07) is 16.1. The fourth-order valence-electron chi connectivity index (χ4n) is 2.18. The normalized spacial score (nSPS) is 10.6. The molecule has 1 aromatic heterocycles. The Hall–Kier alpha value is -2.66. The van der Waals surface area contributed by atoms with Gasteiger partial charge in [-0.15, -0.1) is 0 Å². The third kappa shape index (κ3) is 2.84. The van der Waals surface area contributed by atoms with E-state index in [2.05, 4.69) is 11.2 Å². The lowest BCUT2D eigenvalue weighted by Gasteiger charge is -2.09. The van der Waals surface area contributed by atoms with Crippen molar-refractivity contribution in [2.45, 2.75) is 6.54 Å². The second-order valence-corrected chi connectivity index (χ2v) is 5.07. The van der Waals surface area contributed by atoms with Gasteiger partial charge in [0.25, 0.3) is 5.69 Å². The summed E-state index contributed by atoms with van der Waals surface area (Å²) in [7, 11) is 0. The topological polar surface area (TPSA) is 61.0 Å². The number of hydrogen-bond acceptors (Lipinski definition) is 3. The highest BCUT2D eigenvalue weighted by molar-refractivity contribution is 6.29. The molecule has 3 aromatic rings. The first-order valence-electron chi connectivity index (χ1n) is 6.57. The van der Waals surface area contributed by atoms with Gasteiger partial charge in [-0.1, -0.05) is 41.9 Å². The lowest BCUT2D eigenvalue weighted by Crippen LogP contribution is -2.02. The van der Waals surface area contributed by atoms with Gasteiger partial charge in [-0.2, -0.15) is 0 Å². The van der Waals surface area contributed by atoms with Gasteiger partial charge in [-0.05, 0) is 17.7 Å². The molecule has 0 unspecified atom stereocenters. The fourth-order valence-corrected chi connectivity index (χ4v) is 2.36. The summed E-state index contributed by atoms with van der Waals surface area (Å²) >= 11 is 6.16. The van der Waals surface area contributed by atoms with Gasteiger partial charge in [-0.25, -0.2) is 4.98 Å². The minimum atomic E-state index is -0.431. The van der Waals surface area contributed by atoms with Crippen molar-refractivity contribution in [3.63, 3.8) is 0 Å². The SMILES string of the molecule is O=[N+]([O-])c1ccc(-c2n[c]c(Cl)n2Cc2ccccc2)cc1. The van der Waals surface area contributed by atoms with E-state index in [9.17, 15) is 10.1 Å². The Morgan fingerprint density at radius 2 is 1.82 bits per heavy atom. The van der Waals surface area contributed by atoms with Crippen molar-refractivity contribution in [3.8, 4) is 11.4 Å². The van der Waals surface area contributed by atoms with E-state index in [0.29, 0.717) is 17.5 Å². The highest BCUT2D eigenvalue weighted by atomic mass is 35.5. The molecule has 0 saturated heterocycles. The van der Waals surface area contributed by atoms with Gasteiger partial charge < -0.3 is 4.57 Å². The minimum Gasteiger partial charge on any atom is -0.310 e. The molecule has 0 aliphatic rings. The Bertz CT molecular complexity index is 798. The molecule has 0 fully saturated rings. The lowest BCUT2D eigenvalue weighted by atomic mass is 10.2. The van der Waals surface area contributed by atoms with Crippen LogP contribution >= 0.6 is 11.6 Å². The zero-order chi connectivity index (χ0) is 15.5. The van der Waals surface area contributed by atoms with E-state index in [4.69, 9.17) is 11.6 Å². The number of rotatable bonds is 4. The summed E-state index contributed by atoms with van der Waals surface area (Å²) in [6.45, 7) is 0.558. The highest BCUT2D eigenvalue weighted by Gasteiger charge is 2.13. The Kier molecular flexibility index (Phi) is 3.89. The number of hydrogen-bond donors (Lipinski definition) is 0. The lowest BCUT2D eigenvalue weighted by molar-refractivity contribution is -0.384. The molecule has 22 heavy (non-hydrogen) atoms. The van der Waals surface area contributed by atoms with Crippen LogP contribution < -0.4 is 0 Å². The van der Waals surface area contributed by atoms with Crippen LogP contribution in [0.15, 0.2) is 54.6 Å². The Morgan fingerprint density at radius 1 is 1.14 bits per heavy atom. The smallest absolute Gasteiger partial charge is 0.269 e. The molecule has 6 heteroatoms. The van der Waals surface area contributed by atoms with E-state index < -0.39 is 4.92 Å². The molecule has 5 nitrogen and oxygen atoms in total. The van der Waals surface area contributed by atoms with Crippen LogP contribution in [0.2, 0.25) is 5.15 Å². The standard InChI is InChI=1S/C16H11ClN3O2/c17-15-10-18-16(13-6-8-14(9-7-13)20(21)22)19(15)11-12-4-2-1-3-5-12/h1-9H,11H2. The van der Waals surface area contributed by atoms with Crippen LogP contribution in [0, 0.1) is 16.3 Å². The van der Waals surface area contributed by atoms with Crippen molar-refractivity contribution in [1.29, 1.82) is 0 Å². The molecule has 1 radical (unpaired) electrons. The first kappa shape index (κ1) is 14.3. The molecule has 2 aromatic carbocycles. The molecule has 0 N–H and O–H groups in total. The molecule has 1 heterocycles. The van der Waals surface area contributed by atoms with Gasteiger partial charge in [0.2, 0.25) is 0 Å². The highest BCUT2D eigenvalue weighted by Crippen LogP contribution is 2.25. The predicted octanol–water partition coefficient (Wildman–Crippen LogP) is 3.96. The second-order valence-electron chi connectivity index (χ2n) is 4.71. The Morgan fingerprint density at radius 3 is 2.45 bits per heavy atom. The molecule has 0 amide bonds. The van der Waals surface area contributed by atoms with Crippen molar-refractivity contribution in [2.75, 3.05) is 0 Å². The summed E-state index contributed by atoms with van der Waals surface area (Å²) in [5.74, 6) is 0.628. The van der Waals surface area contributed by atoms with E-state index in [1.807, 2.05) is 34.9 Å². The molecule has 0 atom stereocenters. The predicted molar refractivity (Wildman–Crippen MR) is 83.7 cm³/mol. The summed E-state index contributed by atoms with van der Waals surface area (Å²) < 4.78 is 1.82. The van der Waals surface area contributed by atoms with Gasteiger partial charge in [0.05, 0.1) is 11.5 Å². The monoisotopic (exact) mass is 312 g/mol. The largest absolute Gasteiger partial charge is 0.310 e. The van der Waals surface area contributed by atoms with Crippen LogP contribution in [0.5, 0.6) is 0 Å². The number of aromatic nitrogens is 2. The quantitative estimate of drug-likeness (QED) is 0.541. The summed E-state index contributed by atoms with van der Waals surface area (Å²) in [6.07, 6.45) is 2.74. The summed E-state index contributed by atoms with van der Waals surface area (Å²) in [4.78, 5) is 14.5. The van der Waals surface area contributed by atoms with Crippen molar-refractivity contribution < 1.29 is 4.92 Å². The molecular formula is C16H11ClN3O2. The zero-order valence-electron chi connectivity index (χ0n) is 11.4. The van der Waals surface area contributed by atoms with Crippen LogP contribution in [0.4, 0.5) is 5.69 Å². The molecule has 3 rings (SSSR count). The summed E-state index contributed by atoms with van der Waals surface area (Å²) in [5, 5.41) is 11.1. The average molecular weight is 313 g/mol. The van der Waals surface area contributed by atoms with Crippen molar-refractivity contribution in [2.24, 2.45) is 0 Å². The first-order valence-corrected chi connectivity index (χ1v) is 6.95. The molecule has 0 aliphatic carbocycles. The van der Waals surface area contributed by atoms with Crippen LogP contribution in [-0.4, -0.2) is 14.5 Å². The van der Waals surface area contributed by atoms with E-state index >= 15 is 0 Å². The van der Waals surface area contributed by atoms with Crippen molar-refractivity contribution in [3.05, 3.63) is 81.6 Å². The van der Waals surface area contributed by atoms with E-state index in [0.717, 1.165) is 11.1 Å². The number of halogens is 1. The van der Waals surface area contributed by atoms with Gasteiger partial charge >= 0.3 is 0 Å². The fraction of sp³-hybridized carbons (Fsp3) is 0.0625. The molecule has 0 bridgehead atoms. The van der Waals surface area contributed by atoms with Crippen LogP contribution in [0.3, 0.4) is 0 Å². The first-order chi connectivity index (χ1) is 10.6. The molecule has 0 saturated carbocycles. The Balaban J connectivity index is 1.96. The van der Waals surface area contributed by atoms with E-state index in [-0.39, 0.29) is 5.69 Å². The summed E-state index contributed by atoms with van der Waals surface area (Å²) in [5.41, 5.74) is 1.88. The molecule has 0 spiro atoms. The number of nitro benzene ring substituents is 1. The van der Waals surface area contributed by atoms with Crippen LogP contribution in [-0.2, 0) is 6.54 Å². The van der Waals surface area contributed by atoms with E-state index in [1.165, 1.54) is 12.1 Å². The molecule has 0 aliphatic heterocycles. The van der Waals surface area contributed by atoms with Gasteiger partial charge in [0.1, 0.15) is 17.2 Å².